The van der Waals surface area contributed by atoms with Crippen molar-refractivity contribution in [1.29, 1.82) is 0 Å². The molecule has 0 spiro atoms. The average Bonchev–Trinajstić information content (AvgIpc) is 2.34. The summed E-state index contributed by atoms with van der Waals surface area (Å²) < 4.78 is 0. The normalized spacial score (nSPS) is 12.8. The first-order valence-electron chi connectivity index (χ1n) is 8.47. The second kappa shape index (κ2) is 13.8. The minimum absolute atomic E-state index is 0.426. The van der Waals surface area contributed by atoms with E-state index < -0.39 is 8.46 Å². The van der Waals surface area contributed by atoms with E-state index in [2.05, 4.69) is 34.2 Å². The van der Waals surface area contributed by atoms with Crippen LogP contribution >= 0.6 is 23.3 Å². The molecule has 0 aromatic heterocycles. The maximum absolute atomic E-state index is 3.80. The molecule has 0 saturated heterocycles. The van der Waals surface area contributed by atoms with Crippen LogP contribution in [0.4, 0.5) is 0 Å². The van der Waals surface area contributed by atoms with Crippen LogP contribution in [0, 0.1) is 0 Å². The molecule has 0 rings (SSSR count). The highest BCUT2D eigenvalue weighted by atomic mass is 79.9. The van der Waals surface area contributed by atoms with Gasteiger partial charge in [-0.05, 0) is 39.5 Å². The van der Waals surface area contributed by atoms with Crippen molar-refractivity contribution in [2.45, 2.75) is 90.4 Å². The Kier molecular flexibility index (Phi) is 14.4. The van der Waals surface area contributed by atoms with Crippen LogP contribution in [0.5, 0.6) is 0 Å². The molecule has 0 aliphatic carbocycles. The Morgan fingerprint density at radius 3 is 1.21 bits per heavy atom. The van der Waals surface area contributed by atoms with Crippen LogP contribution in [0.15, 0.2) is 0 Å². The third-order valence-electron chi connectivity index (χ3n) is 3.73. The van der Waals surface area contributed by atoms with Crippen molar-refractivity contribution < 1.29 is 0 Å². The monoisotopic (exact) mass is 352 g/mol. The molecular weight excluding hydrogens is 316 g/mol. The first kappa shape index (κ1) is 19.8. The summed E-state index contributed by atoms with van der Waals surface area (Å²) in [5.41, 5.74) is 0. The van der Waals surface area contributed by atoms with E-state index in [1.54, 1.807) is 0 Å². The highest BCUT2D eigenvalue weighted by molar-refractivity contribution is 9.58. The maximum atomic E-state index is 3.80. The molecule has 118 valence electrons. The summed E-state index contributed by atoms with van der Waals surface area (Å²) in [4.78, 5) is 0. The van der Waals surface area contributed by atoms with Gasteiger partial charge in [-0.15, -0.1) is 0 Å². The largest absolute Gasteiger partial charge is 0.189 e. The molecule has 0 aromatic rings. The van der Waals surface area contributed by atoms with E-state index >= 15 is 0 Å². The zero-order valence-corrected chi connectivity index (χ0v) is 16.1. The molecule has 0 aromatic carbocycles. The SMILES string of the molecule is CCCCCCCCCCCCCCCS(C)(C)Br. The molecule has 0 saturated carbocycles. The Morgan fingerprint density at radius 2 is 0.895 bits per heavy atom. The molecule has 0 unspecified atom stereocenters. The molecule has 0 aliphatic rings. The van der Waals surface area contributed by atoms with Crippen molar-refractivity contribution in [2.24, 2.45) is 0 Å². The summed E-state index contributed by atoms with van der Waals surface area (Å²) in [6.45, 7) is 2.29. The lowest BCUT2D eigenvalue weighted by Crippen LogP contribution is -1.92. The van der Waals surface area contributed by atoms with Gasteiger partial charge in [0.05, 0.1) is 0 Å². The summed E-state index contributed by atoms with van der Waals surface area (Å²) >= 11 is 3.80. The van der Waals surface area contributed by atoms with Crippen LogP contribution < -0.4 is 0 Å². The van der Waals surface area contributed by atoms with Crippen LogP contribution in [0.25, 0.3) is 0 Å². The Morgan fingerprint density at radius 1 is 0.579 bits per heavy atom. The standard InChI is InChI=1S/C17H37BrS/c1-4-5-6-7-8-9-10-11-12-13-14-15-16-17-19(2,3)18/h4-17H2,1-3H3. The van der Waals surface area contributed by atoms with Crippen LogP contribution in [0.2, 0.25) is 0 Å². The molecule has 0 nitrogen and oxygen atoms in total. The Labute approximate surface area is 132 Å². The van der Waals surface area contributed by atoms with Gasteiger partial charge in [-0.25, -0.2) is 0 Å². The molecule has 19 heavy (non-hydrogen) atoms. The minimum atomic E-state index is -0.426. The van der Waals surface area contributed by atoms with E-state index in [1.807, 2.05) is 0 Å². The topological polar surface area (TPSA) is 0 Å². The van der Waals surface area contributed by atoms with Gasteiger partial charge in [0, 0.05) is 0 Å². The lowest BCUT2D eigenvalue weighted by Gasteiger charge is -2.21. The van der Waals surface area contributed by atoms with Crippen LogP contribution in [-0.2, 0) is 0 Å². The lowest BCUT2D eigenvalue weighted by molar-refractivity contribution is 0.543. The molecule has 0 heterocycles. The molecule has 0 atom stereocenters. The zero-order chi connectivity index (χ0) is 14.4. The maximum Gasteiger partial charge on any atom is -0.0141 e. The van der Waals surface area contributed by atoms with Crippen LogP contribution in [-0.4, -0.2) is 18.3 Å². The summed E-state index contributed by atoms with van der Waals surface area (Å²) in [6, 6.07) is 0. The number of hydrogen-bond acceptors (Lipinski definition) is 0. The fourth-order valence-corrected chi connectivity index (χ4v) is 4.04. The molecule has 0 fully saturated rings. The smallest absolute Gasteiger partial charge is 0.0141 e. The van der Waals surface area contributed by atoms with Crippen molar-refractivity contribution >= 4 is 23.3 Å². The van der Waals surface area contributed by atoms with Crippen molar-refractivity contribution in [2.75, 3.05) is 18.3 Å². The summed E-state index contributed by atoms with van der Waals surface area (Å²) in [5.74, 6) is 1.39. The van der Waals surface area contributed by atoms with E-state index in [0.29, 0.717) is 0 Å². The first-order chi connectivity index (χ1) is 9.06. The van der Waals surface area contributed by atoms with Crippen molar-refractivity contribution in [3.8, 4) is 0 Å². The summed E-state index contributed by atoms with van der Waals surface area (Å²) in [6.07, 6.45) is 23.6. The van der Waals surface area contributed by atoms with Gasteiger partial charge in [0.25, 0.3) is 0 Å². The van der Waals surface area contributed by atoms with E-state index in [1.165, 1.54) is 89.2 Å². The molecular formula is C17H37BrS. The summed E-state index contributed by atoms with van der Waals surface area (Å²) in [7, 11) is -0.426. The Balaban J connectivity index is 2.99. The van der Waals surface area contributed by atoms with Gasteiger partial charge in [-0.2, -0.15) is 8.46 Å². The number of halogens is 1. The fraction of sp³-hybridized carbons (Fsp3) is 1.00. The number of hydrogen-bond donors (Lipinski definition) is 0. The van der Waals surface area contributed by atoms with Crippen molar-refractivity contribution in [1.82, 2.24) is 0 Å². The third kappa shape index (κ3) is 18.8. The quantitative estimate of drug-likeness (QED) is 0.284. The van der Waals surface area contributed by atoms with Gasteiger partial charge < -0.3 is 0 Å². The van der Waals surface area contributed by atoms with Gasteiger partial charge in [0.1, 0.15) is 0 Å². The highest BCUT2D eigenvalue weighted by Gasteiger charge is 2.04. The van der Waals surface area contributed by atoms with Crippen molar-refractivity contribution in [3.05, 3.63) is 0 Å². The summed E-state index contributed by atoms with van der Waals surface area (Å²) in [5, 5.41) is 0. The van der Waals surface area contributed by atoms with E-state index in [0.717, 1.165) is 0 Å². The first-order valence-corrected chi connectivity index (χ1v) is 12.9. The Hall–Kier alpha value is 0.830. The average molecular weight is 353 g/mol. The highest BCUT2D eigenvalue weighted by Crippen LogP contribution is 2.48. The number of rotatable bonds is 14. The van der Waals surface area contributed by atoms with Crippen molar-refractivity contribution in [3.63, 3.8) is 0 Å². The fourth-order valence-electron chi connectivity index (χ4n) is 2.46. The molecule has 0 aliphatic heterocycles. The van der Waals surface area contributed by atoms with E-state index in [4.69, 9.17) is 0 Å². The predicted molar refractivity (Wildman–Crippen MR) is 98.9 cm³/mol. The molecule has 0 N–H and O–H groups in total. The zero-order valence-electron chi connectivity index (χ0n) is 13.7. The van der Waals surface area contributed by atoms with Gasteiger partial charge in [0.2, 0.25) is 0 Å². The van der Waals surface area contributed by atoms with E-state index in [-0.39, 0.29) is 0 Å². The minimum Gasteiger partial charge on any atom is -0.189 e. The second-order valence-electron chi connectivity index (χ2n) is 6.35. The van der Waals surface area contributed by atoms with Gasteiger partial charge in [-0.1, -0.05) is 84.0 Å². The van der Waals surface area contributed by atoms with Gasteiger partial charge >= 0.3 is 0 Å². The number of unbranched alkanes of at least 4 members (excludes halogenated alkanes) is 12. The lowest BCUT2D eigenvalue weighted by atomic mass is 10.1. The molecule has 0 bridgehead atoms. The molecule has 2 heteroatoms. The second-order valence-corrected chi connectivity index (χ2v) is 14.8. The molecule has 0 radical (unpaired) electrons. The van der Waals surface area contributed by atoms with Gasteiger partial charge in [-0.3, -0.25) is 0 Å². The molecule has 0 amide bonds. The van der Waals surface area contributed by atoms with Crippen LogP contribution in [0.1, 0.15) is 90.4 Å². The third-order valence-corrected chi connectivity index (χ3v) is 5.96. The van der Waals surface area contributed by atoms with Gasteiger partial charge in [0.15, 0.2) is 0 Å². The van der Waals surface area contributed by atoms with Crippen LogP contribution in [0.3, 0.4) is 0 Å². The predicted octanol–water partition coefficient (Wildman–Crippen LogP) is 7.45. The Bertz CT molecular complexity index is 175. The van der Waals surface area contributed by atoms with E-state index in [9.17, 15) is 0 Å².